The molecule has 14 heavy (non-hydrogen) atoms. The van der Waals surface area contributed by atoms with Gasteiger partial charge in [0.2, 0.25) is 0 Å². The smallest absolute Gasteiger partial charge is 0.404 e. The summed E-state index contributed by atoms with van der Waals surface area (Å²) in [5, 5.41) is 10.8. The predicted octanol–water partition coefficient (Wildman–Crippen LogP) is 1.51. The summed E-state index contributed by atoms with van der Waals surface area (Å²) in [5.41, 5.74) is -0.0612. The van der Waals surface area contributed by atoms with Crippen LogP contribution in [0.4, 0.5) is 4.79 Å². The predicted molar refractivity (Wildman–Crippen MR) is 52.1 cm³/mol. The number of ketones is 1. The van der Waals surface area contributed by atoms with E-state index in [4.69, 9.17) is 5.11 Å². The second-order valence-electron chi connectivity index (χ2n) is 4.60. The molecule has 1 rings (SSSR count). The normalized spacial score (nSPS) is 29.1. The molecule has 4 heteroatoms. The van der Waals surface area contributed by atoms with E-state index in [-0.39, 0.29) is 23.0 Å². The molecule has 1 saturated carbocycles. The number of hydrogen-bond acceptors (Lipinski definition) is 2. The number of rotatable bonds is 3. The zero-order valence-corrected chi connectivity index (χ0v) is 8.83. The highest BCUT2D eigenvalue weighted by Gasteiger charge is 2.49. The largest absolute Gasteiger partial charge is 0.465 e. The van der Waals surface area contributed by atoms with Gasteiger partial charge in [0.1, 0.15) is 5.78 Å². The topological polar surface area (TPSA) is 66.4 Å². The molecule has 0 bridgehead atoms. The maximum atomic E-state index is 11.2. The minimum Gasteiger partial charge on any atom is -0.465 e. The summed E-state index contributed by atoms with van der Waals surface area (Å²) in [6.45, 7) is 6.10. The second kappa shape index (κ2) is 3.59. The van der Waals surface area contributed by atoms with Gasteiger partial charge in [-0.1, -0.05) is 13.8 Å². The van der Waals surface area contributed by atoms with Crippen LogP contribution >= 0.6 is 0 Å². The molecule has 0 aromatic heterocycles. The highest BCUT2D eigenvalue weighted by molar-refractivity contribution is 5.80. The van der Waals surface area contributed by atoms with E-state index in [9.17, 15) is 9.59 Å². The molecule has 0 saturated heterocycles. The molecule has 1 aliphatic carbocycles. The third kappa shape index (κ3) is 1.89. The summed E-state index contributed by atoms with van der Waals surface area (Å²) < 4.78 is 0. The molecule has 2 atom stereocenters. The molecule has 0 aliphatic heterocycles. The van der Waals surface area contributed by atoms with Crippen molar-refractivity contribution in [2.75, 3.05) is 6.54 Å². The first kappa shape index (κ1) is 11.0. The maximum Gasteiger partial charge on any atom is 0.404 e. The van der Waals surface area contributed by atoms with Gasteiger partial charge in [-0.15, -0.1) is 0 Å². The van der Waals surface area contributed by atoms with Crippen LogP contribution in [0, 0.1) is 17.3 Å². The van der Waals surface area contributed by atoms with Gasteiger partial charge in [-0.2, -0.15) is 0 Å². The first-order chi connectivity index (χ1) is 6.35. The molecule has 0 aromatic carbocycles. The summed E-state index contributed by atoms with van der Waals surface area (Å²) in [6, 6.07) is 0. The molecular formula is C10H17NO3. The summed E-state index contributed by atoms with van der Waals surface area (Å²) in [5.74, 6) is 0.595. The monoisotopic (exact) mass is 199 g/mol. The summed E-state index contributed by atoms with van der Waals surface area (Å²) in [6.07, 6.45) is -0.185. The van der Waals surface area contributed by atoms with Crippen molar-refractivity contribution in [3.05, 3.63) is 0 Å². The molecule has 1 amide bonds. The highest BCUT2D eigenvalue weighted by Crippen LogP contribution is 2.51. The molecule has 1 fully saturated rings. The Kier molecular flexibility index (Phi) is 2.83. The van der Waals surface area contributed by atoms with Crippen LogP contribution in [0.5, 0.6) is 0 Å². The van der Waals surface area contributed by atoms with E-state index in [1.54, 1.807) is 6.92 Å². The number of carbonyl (C=O) groups is 2. The van der Waals surface area contributed by atoms with Gasteiger partial charge in [0, 0.05) is 12.5 Å². The van der Waals surface area contributed by atoms with Gasteiger partial charge in [0.05, 0.1) is 0 Å². The van der Waals surface area contributed by atoms with E-state index >= 15 is 0 Å². The van der Waals surface area contributed by atoms with Crippen LogP contribution < -0.4 is 5.32 Å². The van der Waals surface area contributed by atoms with E-state index in [1.165, 1.54) is 0 Å². The van der Waals surface area contributed by atoms with Crippen molar-refractivity contribution in [3.8, 4) is 0 Å². The van der Waals surface area contributed by atoms with Crippen molar-refractivity contribution < 1.29 is 14.7 Å². The van der Waals surface area contributed by atoms with Crippen molar-refractivity contribution in [1.29, 1.82) is 0 Å². The number of amides is 1. The van der Waals surface area contributed by atoms with Crippen LogP contribution in [0.3, 0.4) is 0 Å². The Morgan fingerprint density at radius 3 is 2.43 bits per heavy atom. The molecule has 0 aromatic rings. The van der Waals surface area contributed by atoms with Crippen molar-refractivity contribution >= 4 is 11.9 Å². The zero-order chi connectivity index (χ0) is 10.9. The van der Waals surface area contributed by atoms with Crippen molar-refractivity contribution in [2.24, 2.45) is 17.3 Å². The molecule has 4 nitrogen and oxygen atoms in total. The number of hydrogen-bond donors (Lipinski definition) is 2. The van der Waals surface area contributed by atoms with E-state index in [1.807, 2.05) is 13.8 Å². The van der Waals surface area contributed by atoms with Crippen LogP contribution in [0.15, 0.2) is 0 Å². The first-order valence-electron chi connectivity index (χ1n) is 4.83. The number of carbonyl (C=O) groups excluding carboxylic acids is 1. The van der Waals surface area contributed by atoms with Crippen molar-refractivity contribution in [1.82, 2.24) is 5.32 Å². The molecule has 0 unspecified atom stereocenters. The number of nitrogens with one attached hydrogen (secondary N) is 1. The Labute approximate surface area is 83.7 Å². The molecule has 1 aliphatic rings. The Morgan fingerprint density at radius 1 is 1.50 bits per heavy atom. The molecule has 80 valence electrons. The van der Waals surface area contributed by atoms with E-state index in [0.717, 1.165) is 6.42 Å². The lowest BCUT2D eigenvalue weighted by Gasteiger charge is -2.51. The quantitative estimate of drug-likeness (QED) is 0.724. The maximum absolute atomic E-state index is 11.2. The van der Waals surface area contributed by atoms with Crippen LogP contribution in [-0.4, -0.2) is 23.5 Å². The highest BCUT2D eigenvalue weighted by atomic mass is 16.4. The Morgan fingerprint density at radius 2 is 2.07 bits per heavy atom. The van der Waals surface area contributed by atoms with Crippen molar-refractivity contribution in [2.45, 2.75) is 27.2 Å². The van der Waals surface area contributed by atoms with Crippen LogP contribution in [-0.2, 0) is 4.79 Å². The third-order valence-electron chi connectivity index (χ3n) is 3.46. The van der Waals surface area contributed by atoms with Gasteiger partial charge in [-0.05, 0) is 24.7 Å². The zero-order valence-electron chi connectivity index (χ0n) is 8.83. The molecule has 2 N–H and O–H groups in total. The van der Waals surface area contributed by atoms with Gasteiger partial charge in [0.25, 0.3) is 0 Å². The lowest BCUT2D eigenvalue weighted by atomic mass is 9.53. The molecular weight excluding hydrogens is 182 g/mol. The number of Topliss-reactive ketones (excluding diaryl/α,β-unsaturated/α-hetero) is 1. The van der Waals surface area contributed by atoms with Crippen LogP contribution in [0.25, 0.3) is 0 Å². The van der Waals surface area contributed by atoms with Gasteiger partial charge >= 0.3 is 6.09 Å². The summed E-state index contributed by atoms with van der Waals surface area (Å²) in [4.78, 5) is 21.5. The summed E-state index contributed by atoms with van der Waals surface area (Å²) in [7, 11) is 0. The van der Waals surface area contributed by atoms with E-state index in [2.05, 4.69) is 5.32 Å². The van der Waals surface area contributed by atoms with Crippen LogP contribution in [0.2, 0.25) is 0 Å². The fraction of sp³-hybridized carbons (Fsp3) is 0.800. The molecule has 0 radical (unpaired) electrons. The van der Waals surface area contributed by atoms with E-state index < -0.39 is 6.09 Å². The fourth-order valence-electron chi connectivity index (χ4n) is 2.26. The molecule has 0 heterocycles. The van der Waals surface area contributed by atoms with E-state index in [0.29, 0.717) is 6.54 Å². The minimum atomic E-state index is -0.993. The SMILES string of the molecule is CC(=O)[C@@H]1C[C@H](CNC(=O)O)C1(C)C. The average Bonchev–Trinajstić information content (AvgIpc) is 2.00. The first-order valence-corrected chi connectivity index (χ1v) is 4.83. The lowest BCUT2D eigenvalue weighted by molar-refractivity contribution is -0.135. The molecule has 0 spiro atoms. The summed E-state index contributed by atoms with van der Waals surface area (Å²) >= 11 is 0. The Balaban J connectivity index is 2.46. The van der Waals surface area contributed by atoms with Crippen LogP contribution in [0.1, 0.15) is 27.2 Å². The average molecular weight is 199 g/mol. The second-order valence-corrected chi connectivity index (χ2v) is 4.60. The minimum absolute atomic E-state index is 0.0612. The Hall–Kier alpha value is -1.06. The fourth-order valence-corrected chi connectivity index (χ4v) is 2.26. The van der Waals surface area contributed by atoms with Crippen molar-refractivity contribution in [3.63, 3.8) is 0 Å². The van der Waals surface area contributed by atoms with Gasteiger partial charge in [0.15, 0.2) is 0 Å². The lowest BCUT2D eigenvalue weighted by Crippen LogP contribution is -2.52. The third-order valence-corrected chi connectivity index (χ3v) is 3.46. The van der Waals surface area contributed by atoms with Gasteiger partial charge < -0.3 is 10.4 Å². The Bertz CT molecular complexity index is 258. The standard InChI is InChI=1S/C10H17NO3/c1-6(12)8-4-7(10(8,2)3)5-11-9(13)14/h7-8,11H,4-5H2,1-3H3,(H,13,14)/t7-,8+/m1/s1. The van der Waals surface area contributed by atoms with Gasteiger partial charge in [-0.3, -0.25) is 4.79 Å². The number of carboxylic acid groups (broad SMARTS) is 1. The van der Waals surface area contributed by atoms with Gasteiger partial charge in [-0.25, -0.2) is 4.79 Å².